The number of amides is 2. The molecule has 2 amide bonds. The summed E-state index contributed by atoms with van der Waals surface area (Å²) in [4.78, 5) is 30.1. The van der Waals surface area contributed by atoms with Crippen LogP contribution in [-0.2, 0) is 32.6 Å². The van der Waals surface area contributed by atoms with Crippen LogP contribution in [0.25, 0.3) is 0 Å². The molecule has 0 bridgehead atoms. The molecule has 0 spiro atoms. The summed E-state index contributed by atoms with van der Waals surface area (Å²) in [6.45, 7) is 8.32. The maximum absolute atomic E-state index is 14.6. The second-order valence-electron chi connectivity index (χ2n) is 11.9. The molecule has 7 nitrogen and oxygen atoms in total. The SMILES string of the molecule is CCCCNC(=O)[C@H](Cc1ccccc1)N(Cc1ccccc1C)C(=O)CN(c1ccc(C(C)C)cc1)S(=O)(=O)c1ccccc1. The van der Waals surface area contributed by atoms with E-state index in [4.69, 9.17) is 0 Å². The quantitative estimate of drug-likeness (QED) is 0.144. The Morgan fingerprint density at radius 3 is 2.02 bits per heavy atom. The van der Waals surface area contributed by atoms with Crippen molar-refractivity contribution >= 4 is 27.5 Å². The summed E-state index contributed by atoms with van der Waals surface area (Å²) in [5.41, 5.74) is 4.19. The van der Waals surface area contributed by atoms with Crippen LogP contribution in [-0.4, -0.2) is 44.3 Å². The van der Waals surface area contributed by atoms with E-state index in [2.05, 4.69) is 26.1 Å². The minimum absolute atomic E-state index is 0.0827. The van der Waals surface area contributed by atoms with Crippen LogP contribution in [0.4, 0.5) is 5.69 Å². The Morgan fingerprint density at radius 1 is 0.804 bits per heavy atom. The van der Waals surface area contributed by atoms with E-state index >= 15 is 0 Å². The number of aryl methyl sites for hydroxylation is 1. The Kier molecular flexibility index (Phi) is 12.1. The fraction of sp³-hybridized carbons (Fsp3) is 0.316. The zero-order valence-corrected chi connectivity index (χ0v) is 28.0. The molecule has 0 radical (unpaired) electrons. The standard InChI is InChI=1S/C38H45N3O4S/c1-5-6-25-39-38(43)36(26-31-16-9-7-10-17-31)40(27-33-18-14-13-15-30(33)4)37(42)28-41(34-23-21-32(22-24-34)29(2)3)46(44,45)35-19-11-8-12-20-35/h7-24,29,36H,5-6,25-28H2,1-4H3,(H,39,43)/t36-/m0/s1. The highest BCUT2D eigenvalue weighted by Gasteiger charge is 2.34. The summed E-state index contributed by atoms with van der Waals surface area (Å²) in [7, 11) is -4.13. The smallest absolute Gasteiger partial charge is 0.264 e. The molecule has 4 rings (SSSR count). The van der Waals surface area contributed by atoms with Gasteiger partial charge >= 0.3 is 0 Å². The molecule has 0 heterocycles. The minimum Gasteiger partial charge on any atom is -0.354 e. The lowest BCUT2D eigenvalue weighted by Crippen LogP contribution is -2.53. The number of hydrogen-bond donors (Lipinski definition) is 1. The third-order valence-corrected chi connectivity index (χ3v) is 9.95. The van der Waals surface area contributed by atoms with Crippen molar-refractivity contribution in [2.24, 2.45) is 0 Å². The molecular weight excluding hydrogens is 595 g/mol. The Labute approximate surface area is 274 Å². The molecule has 0 aliphatic rings. The number of carbonyl (C=O) groups is 2. The molecule has 0 aliphatic heterocycles. The Balaban J connectivity index is 1.80. The van der Waals surface area contributed by atoms with E-state index in [-0.39, 0.29) is 29.7 Å². The first-order valence-electron chi connectivity index (χ1n) is 15.9. The second-order valence-corrected chi connectivity index (χ2v) is 13.7. The highest BCUT2D eigenvalue weighted by Crippen LogP contribution is 2.27. The molecule has 0 aromatic heterocycles. The van der Waals surface area contributed by atoms with Crippen LogP contribution in [0.3, 0.4) is 0 Å². The van der Waals surface area contributed by atoms with E-state index in [9.17, 15) is 18.0 Å². The fourth-order valence-corrected chi connectivity index (χ4v) is 6.74. The largest absolute Gasteiger partial charge is 0.354 e. The molecule has 242 valence electrons. The summed E-state index contributed by atoms with van der Waals surface area (Å²) in [6, 6.07) is 31.9. The Bertz CT molecular complexity index is 1670. The lowest BCUT2D eigenvalue weighted by atomic mass is 10.0. The number of sulfonamides is 1. The molecule has 0 fully saturated rings. The van der Waals surface area contributed by atoms with Crippen molar-refractivity contribution in [1.82, 2.24) is 10.2 Å². The summed E-state index contributed by atoms with van der Waals surface area (Å²) in [6.07, 6.45) is 2.01. The van der Waals surface area contributed by atoms with E-state index in [1.54, 1.807) is 35.2 Å². The molecule has 0 saturated heterocycles. The number of carbonyl (C=O) groups excluding carboxylic acids is 2. The van der Waals surface area contributed by atoms with E-state index in [0.717, 1.165) is 39.4 Å². The fourth-order valence-electron chi connectivity index (χ4n) is 5.31. The predicted molar refractivity (Wildman–Crippen MR) is 185 cm³/mol. The molecule has 8 heteroatoms. The van der Waals surface area contributed by atoms with Crippen molar-refractivity contribution in [1.29, 1.82) is 0 Å². The minimum atomic E-state index is -4.13. The first kappa shape index (κ1) is 34.4. The van der Waals surface area contributed by atoms with Gasteiger partial charge in [0.1, 0.15) is 12.6 Å². The number of nitrogens with zero attached hydrogens (tertiary/aromatic N) is 2. The van der Waals surface area contributed by atoms with E-state index < -0.39 is 28.5 Å². The van der Waals surface area contributed by atoms with Crippen LogP contribution >= 0.6 is 0 Å². The van der Waals surface area contributed by atoms with Gasteiger partial charge in [-0.25, -0.2) is 8.42 Å². The van der Waals surface area contributed by atoms with Crippen molar-refractivity contribution in [2.75, 3.05) is 17.4 Å². The zero-order valence-electron chi connectivity index (χ0n) is 27.2. The van der Waals surface area contributed by atoms with Crippen LogP contribution in [0, 0.1) is 6.92 Å². The van der Waals surface area contributed by atoms with Crippen molar-refractivity contribution in [3.05, 3.63) is 131 Å². The maximum atomic E-state index is 14.6. The number of anilines is 1. The van der Waals surface area contributed by atoms with Crippen molar-refractivity contribution in [3.8, 4) is 0 Å². The third-order valence-electron chi connectivity index (χ3n) is 8.16. The van der Waals surface area contributed by atoms with Gasteiger partial charge in [0.15, 0.2) is 0 Å². The summed E-state index contributed by atoms with van der Waals surface area (Å²) < 4.78 is 29.5. The Morgan fingerprint density at radius 2 is 1.41 bits per heavy atom. The van der Waals surface area contributed by atoms with Gasteiger partial charge in [-0.15, -0.1) is 0 Å². The van der Waals surface area contributed by atoms with Gasteiger partial charge in [-0.3, -0.25) is 13.9 Å². The number of unbranched alkanes of at least 4 members (excludes halogenated alkanes) is 1. The average molecular weight is 640 g/mol. The second kappa shape index (κ2) is 16.2. The normalized spacial score (nSPS) is 12.0. The average Bonchev–Trinajstić information content (AvgIpc) is 3.06. The van der Waals surface area contributed by atoms with E-state index in [1.165, 1.54) is 12.1 Å². The van der Waals surface area contributed by atoms with Crippen LogP contribution in [0.15, 0.2) is 114 Å². The molecule has 4 aromatic rings. The number of hydrogen-bond acceptors (Lipinski definition) is 4. The van der Waals surface area contributed by atoms with Gasteiger partial charge in [0.05, 0.1) is 10.6 Å². The van der Waals surface area contributed by atoms with Crippen molar-refractivity contribution in [2.45, 2.75) is 70.4 Å². The zero-order chi connectivity index (χ0) is 33.1. The maximum Gasteiger partial charge on any atom is 0.264 e. The lowest BCUT2D eigenvalue weighted by Gasteiger charge is -2.34. The molecule has 1 N–H and O–H groups in total. The van der Waals surface area contributed by atoms with E-state index in [1.807, 2.05) is 73.7 Å². The van der Waals surface area contributed by atoms with E-state index in [0.29, 0.717) is 12.2 Å². The Hall–Kier alpha value is -4.43. The summed E-state index contributed by atoms with van der Waals surface area (Å²) >= 11 is 0. The van der Waals surface area contributed by atoms with Crippen LogP contribution in [0.5, 0.6) is 0 Å². The molecule has 0 saturated carbocycles. The predicted octanol–water partition coefficient (Wildman–Crippen LogP) is 6.87. The van der Waals surface area contributed by atoms with Gasteiger partial charge in [0.2, 0.25) is 11.8 Å². The first-order valence-corrected chi connectivity index (χ1v) is 17.4. The van der Waals surface area contributed by atoms with Crippen LogP contribution < -0.4 is 9.62 Å². The monoisotopic (exact) mass is 639 g/mol. The topological polar surface area (TPSA) is 86.8 Å². The summed E-state index contributed by atoms with van der Waals surface area (Å²) in [5, 5.41) is 3.03. The summed E-state index contributed by atoms with van der Waals surface area (Å²) in [5.74, 6) is -0.482. The van der Waals surface area contributed by atoms with Gasteiger partial charge in [-0.2, -0.15) is 0 Å². The number of nitrogens with one attached hydrogen (secondary N) is 1. The van der Waals surface area contributed by atoms with Crippen LogP contribution in [0.1, 0.15) is 61.8 Å². The molecule has 46 heavy (non-hydrogen) atoms. The molecule has 4 aromatic carbocycles. The van der Waals surface area contributed by atoms with Gasteiger partial charge in [-0.05, 0) is 65.8 Å². The molecule has 1 atom stereocenters. The van der Waals surface area contributed by atoms with Crippen LogP contribution in [0.2, 0.25) is 0 Å². The number of benzene rings is 4. The number of rotatable bonds is 15. The lowest BCUT2D eigenvalue weighted by molar-refractivity contribution is -0.140. The van der Waals surface area contributed by atoms with Gasteiger partial charge < -0.3 is 10.2 Å². The highest BCUT2D eigenvalue weighted by molar-refractivity contribution is 7.92. The van der Waals surface area contributed by atoms with Gasteiger partial charge in [-0.1, -0.05) is 112 Å². The first-order chi connectivity index (χ1) is 22.1. The highest BCUT2D eigenvalue weighted by atomic mass is 32.2. The van der Waals surface area contributed by atoms with Gasteiger partial charge in [0, 0.05) is 19.5 Å². The van der Waals surface area contributed by atoms with Crippen molar-refractivity contribution in [3.63, 3.8) is 0 Å². The van der Waals surface area contributed by atoms with Gasteiger partial charge in [0.25, 0.3) is 10.0 Å². The molecule has 0 unspecified atom stereocenters. The van der Waals surface area contributed by atoms with Crippen molar-refractivity contribution < 1.29 is 18.0 Å². The molecular formula is C38H45N3O4S. The third kappa shape index (κ3) is 8.85. The molecule has 0 aliphatic carbocycles.